The van der Waals surface area contributed by atoms with Crippen molar-refractivity contribution >= 4 is 8.80 Å². The van der Waals surface area contributed by atoms with Crippen molar-refractivity contribution in [2.24, 2.45) is 11.3 Å². The van der Waals surface area contributed by atoms with Gasteiger partial charge in [0.05, 0.1) is 0 Å². The van der Waals surface area contributed by atoms with Gasteiger partial charge in [0.15, 0.2) is 0 Å². The molecule has 0 aromatic heterocycles. The second-order valence-corrected chi connectivity index (χ2v) is 8.73. The van der Waals surface area contributed by atoms with Crippen LogP contribution in [0.15, 0.2) is 0 Å². The van der Waals surface area contributed by atoms with E-state index >= 15 is 0 Å². The first-order chi connectivity index (χ1) is 7.81. The smallest absolute Gasteiger partial charge is 0.377 e. The van der Waals surface area contributed by atoms with Gasteiger partial charge in [-0.05, 0) is 17.8 Å². The predicted octanol–water partition coefficient (Wildman–Crippen LogP) is 3.72. The molecule has 0 spiro atoms. The third-order valence-electron chi connectivity index (χ3n) is 3.64. The summed E-state index contributed by atoms with van der Waals surface area (Å²) >= 11 is 0. The molecule has 4 heteroatoms. The molecule has 0 N–H and O–H groups in total. The summed E-state index contributed by atoms with van der Waals surface area (Å²) in [6.45, 7) is 11.2. The Hall–Kier alpha value is 0.0969. The highest BCUT2D eigenvalue weighted by molar-refractivity contribution is 6.62. The molecule has 0 saturated heterocycles. The lowest BCUT2D eigenvalue weighted by Crippen LogP contribution is -2.54. The summed E-state index contributed by atoms with van der Waals surface area (Å²) in [5.41, 5.74) is 0.479. The van der Waals surface area contributed by atoms with E-state index in [0.717, 1.165) is 12.8 Å². The normalized spacial score (nSPS) is 15.4. The van der Waals surface area contributed by atoms with Crippen molar-refractivity contribution < 1.29 is 13.3 Å². The van der Waals surface area contributed by atoms with Crippen molar-refractivity contribution in [3.8, 4) is 0 Å². The van der Waals surface area contributed by atoms with E-state index < -0.39 is 8.80 Å². The molecule has 0 aromatic rings. The lowest BCUT2D eigenvalue weighted by molar-refractivity contribution is 0.0725. The van der Waals surface area contributed by atoms with E-state index in [2.05, 4.69) is 34.6 Å². The lowest BCUT2D eigenvalue weighted by Gasteiger charge is -2.44. The Bertz CT molecular complexity index is 204. The zero-order valence-corrected chi connectivity index (χ0v) is 13.8. The summed E-state index contributed by atoms with van der Waals surface area (Å²) < 4.78 is 17.1. The van der Waals surface area contributed by atoms with E-state index in [1.54, 1.807) is 21.3 Å². The van der Waals surface area contributed by atoms with Crippen molar-refractivity contribution in [3.63, 3.8) is 0 Å². The van der Waals surface area contributed by atoms with Crippen molar-refractivity contribution in [2.45, 2.75) is 53.0 Å². The maximum Gasteiger partial charge on any atom is 0.504 e. The van der Waals surface area contributed by atoms with Gasteiger partial charge >= 0.3 is 8.80 Å². The first-order valence-electron chi connectivity index (χ1n) is 6.46. The third kappa shape index (κ3) is 3.78. The zero-order chi connectivity index (χ0) is 13.7. The highest BCUT2D eigenvalue weighted by atomic mass is 28.4. The topological polar surface area (TPSA) is 27.7 Å². The quantitative estimate of drug-likeness (QED) is 0.624. The summed E-state index contributed by atoms with van der Waals surface area (Å²) in [5.74, 6) is 0.475. The van der Waals surface area contributed by atoms with Crippen molar-refractivity contribution in [1.82, 2.24) is 0 Å². The standard InChI is InChI=1S/C13H30O3Si/c1-9-10-13(4,5)12(11(2)3)17(14-6,15-7)16-8/h11-12H,9-10H2,1-8H3. The van der Waals surface area contributed by atoms with Crippen LogP contribution in [0.2, 0.25) is 5.54 Å². The van der Waals surface area contributed by atoms with Gasteiger partial charge in [-0.25, -0.2) is 0 Å². The van der Waals surface area contributed by atoms with E-state index in [1.165, 1.54) is 0 Å². The van der Waals surface area contributed by atoms with Gasteiger partial charge in [-0.3, -0.25) is 0 Å². The highest BCUT2D eigenvalue weighted by Gasteiger charge is 2.54. The van der Waals surface area contributed by atoms with Crippen molar-refractivity contribution in [2.75, 3.05) is 21.3 Å². The molecule has 0 aliphatic rings. The van der Waals surface area contributed by atoms with Gasteiger partial charge < -0.3 is 13.3 Å². The molecule has 0 amide bonds. The van der Waals surface area contributed by atoms with Crippen LogP contribution in [0.3, 0.4) is 0 Å². The van der Waals surface area contributed by atoms with Crippen LogP contribution < -0.4 is 0 Å². The summed E-state index contributed by atoms with van der Waals surface area (Å²) in [4.78, 5) is 0. The molecular formula is C13H30O3Si. The molecule has 0 rings (SSSR count). The summed E-state index contributed by atoms with van der Waals surface area (Å²) in [6, 6.07) is 0. The fourth-order valence-corrected chi connectivity index (χ4v) is 6.40. The fourth-order valence-electron chi connectivity index (χ4n) is 3.22. The molecule has 0 heterocycles. The Balaban J connectivity index is 5.33. The summed E-state index contributed by atoms with van der Waals surface area (Å²) in [6.07, 6.45) is 2.32. The number of hydrogen-bond donors (Lipinski definition) is 0. The van der Waals surface area contributed by atoms with E-state index in [0.29, 0.717) is 11.5 Å². The molecule has 1 unspecified atom stereocenters. The molecule has 17 heavy (non-hydrogen) atoms. The van der Waals surface area contributed by atoms with Crippen LogP contribution in [0.5, 0.6) is 0 Å². The highest BCUT2D eigenvalue weighted by Crippen LogP contribution is 2.48. The van der Waals surface area contributed by atoms with Crippen LogP contribution in [0, 0.1) is 11.3 Å². The zero-order valence-electron chi connectivity index (χ0n) is 12.8. The third-order valence-corrected chi connectivity index (χ3v) is 7.55. The van der Waals surface area contributed by atoms with Crippen LogP contribution in [0.1, 0.15) is 47.5 Å². The largest absolute Gasteiger partial charge is 0.504 e. The Labute approximate surface area is 108 Å². The average molecular weight is 262 g/mol. The fraction of sp³-hybridized carbons (Fsp3) is 1.00. The molecule has 0 aliphatic carbocycles. The monoisotopic (exact) mass is 262 g/mol. The minimum Gasteiger partial charge on any atom is -0.377 e. The second-order valence-electron chi connectivity index (χ2n) is 5.68. The van der Waals surface area contributed by atoms with Crippen LogP contribution in [0.4, 0.5) is 0 Å². The average Bonchev–Trinajstić information content (AvgIpc) is 2.24. The maximum absolute atomic E-state index is 5.69. The van der Waals surface area contributed by atoms with Gasteiger partial charge in [0, 0.05) is 26.9 Å². The van der Waals surface area contributed by atoms with Gasteiger partial charge in [-0.15, -0.1) is 0 Å². The maximum atomic E-state index is 5.69. The van der Waals surface area contributed by atoms with E-state index in [1.807, 2.05) is 0 Å². The minimum absolute atomic E-state index is 0.164. The minimum atomic E-state index is -2.58. The molecule has 0 aliphatic heterocycles. The van der Waals surface area contributed by atoms with Gasteiger partial charge in [0.2, 0.25) is 0 Å². The van der Waals surface area contributed by atoms with Gasteiger partial charge in [0.25, 0.3) is 0 Å². The predicted molar refractivity (Wildman–Crippen MR) is 74.1 cm³/mol. The summed E-state index contributed by atoms with van der Waals surface area (Å²) in [7, 11) is 2.53. The first kappa shape index (κ1) is 17.1. The molecule has 0 fully saturated rings. The van der Waals surface area contributed by atoms with Gasteiger partial charge in [-0.2, -0.15) is 0 Å². The molecular weight excluding hydrogens is 232 g/mol. The van der Waals surface area contributed by atoms with Crippen LogP contribution >= 0.6 is 0 Å². The molecule has 0 saturated carbocycles. The lowest BCUT2D eigenvalue weighted by atomic mass is 9.79. The second kappa shape index (κ2) is 6.88. The molecule has 0 bridgehead atoms. The van der Waals surface area contributed by atoms with E-state index in [9.17, 15) is 0 Å². The van der Waals surface area contributed by atoms with Crippen molar-refractivity contribution in [1.29, 1.82) is 0 Å². The van der Waals surface area contributed by atoms with Crippen LogP contribution in [-0.2, 0) is 13.3 Å². The van der Waals surface area contributed by atoms with E-state index in [-0.39, 0.29) is 5.41 Å². The summed E-state index contributed by atoms with van der Waals surface area (Å²) in [5, 5.41) is 0. The number of hydrogen-bond acceptors (Lipinski definition) is 3. The van der Waals surface area contributed by atoms with Crippen LogP contribution in [-0.4, -0.2) is 30.1 Å². The molecule has 104 valence electrons. The van der Waals surface area contributed by atoms with Crippen LogP contribution in [0.25, 0.3) is 0 Å². The number of rotatable bonds is 8. The Morgan fingerprint density at radius 1 is 1.00 bits per heavy atom. The van der Waals surface area contributed by atoms with Gasteiger partial charge in [-0.1, -0.05) is 41.0 Å². The SMILES string of the molecule is CCCC(C)(C)C(C(C)C)[Si](OC)(OC)OC. The first-order valence-corrected chi connectivity index (χ1v) is 8.27. The van der Waals surface area contributed by atoms with Crippen molar-refractivity contribution in [3.05, 3.63) is 0 Å². The van der Waals surface area contributed by atoms with Gasteiger partial charge in [0.1, 0.15) is 0 Å². The van der Waals surface area contributed by atoms with E-state index in [4.69, 9.17) is 13.3 Å². The Kier molecular flexibility index (Phi) is 6.92. The molecule has 1 atom stereocenters. The molecule has 3 nitrogen and oxygen atoms in total. The molecule has 0 aromatic carbocycles. The Morgan fingerprint density at radius 3 is 1.65 bits per heavy atom. The Morgan fingerprint density at radius 2 is 1.41 bits per heavy atom. The molecule has 0 radical (unpaired) electrons.